The molecule has 0 radical (unpaired) electrons. The monoisotopic (exact) mass is 168 g/mol. The van der Waals surface area contributed by atoms with Crippen LogP contribution in [-0.2, 0) is 0 Å². The quantitative estimate of drug-likeness (QED) is 0.613. The number of rotatable bonds is 0. The van der Waals surface area contributed by atoms with Crippen molar-refractivity contribution >= 4 is 28.2 Å². The summed E-state index contributed by atoms with van der Waals surface area (Å²) in [5.74, 6) is 0. The highest BCUT2D eigenvalue weighted by Crippen LogP contribution is 2.26. The molecule has 0 atom stereocenters. The van der Waals surface area contributed by atoms with Gasteiger partial charge in [0.15, 0.2) is 0 Å². The third kappa shape index (κ3) is 0.851. The van der Waals surface area contributed by atoms with Crippen molar-refractivity contribution < 1.29 is 4.52 Å². The molecule has 0 aliphatic rings. The molecule has 2 rings (SSSR count). The van der Waals surface area contributed by atoms with Crippen LogP contribution in [0, 0.1) is 0 Å². The second-order valence-corrected chi connectivity index (χ2v) is 2.62. The zero-order valence-corrected chi connectivity index (χ0v) is 6.30. The number of nitrogens with two attached hydrogens (primary N) is 1. The van der Waals surface area contributed by atoms with E-state index in [0.29, 0.717) is 16.2 Å². The highest BCUT2D eigenvalue weighted by molar-refractivity contribution is 6.34. The minimum absolute atomic E-state index is 0.470. The lowest BCUT2D eigenvalue weighted by atomic mass is 10.2. The first-order chi connectivity index (χ1) is 5.29. The molecule has 1 aromatic heterocycles. The predicted molar refractivity (Wildman–Crippen MR) is 43.4 cm³/mol. The molecule has 0 amide bonds. The Bertz CT molecular complexity index is 396. The third-order valence-electron chi connectivity index (χ3n) is 1.52. The van der Waals surface area contributed by atoms with Gasteiger partial charge in [-0.3, -0.25) is 0 Å². The summed E-state index contributed by atoms with van der Waals surface area (Å²) in [4.78, 5) is 0. The van der Waals surface area contributed by atoms with E-state index in [0.717, 1.165) is 5.39 Å². The number of benzene rings is 1. The van der Waals surface area contributed by atoms with Gasteiger partial charge in [-0.1, -0.05) is 16.8 Å². The summed E-state index contributed by atoms with van der Waals surface area (Å²) in [7, 11) is 0. The van der Waals surface area contributed by atoms with Gasteiger partial charge in [-0.05, 0) is 12.1 Å². The van der Waals surface area contributed by atoms with Crippen molar-refractivity contribution in [3.05, 3.63) is 23.4 Å². The summed E-state index contributed by atoms with van der Waals surface area (Å²) in [6.07, 6.45) is 1.53. The maximum atomic E-state index is 5.74. The molecule has 0 aliphatic heterocycles. The minimum atomic E-state index is 0.470. The molecule has 0 unspecified atom stereocenters. The predicted octanol–water partition coefficient (Wildman–Crippen LogP) is 2.06. The molecule has 1 heterocycles. The summed E-state index contributed by atoms with van der Waals surface area (Å²) in [5.41, 5.74) is 6.70. The summed E-state index contributed by atoms with van der Waals surface area (Å²) in [6, 6.07) is 3.53. The topological polar surface area (TPSA) is 52.0 Å². The van der Waals surface area contributed by atoms with Gasteiger partial charge in [-0.2, -0.15) is 0 Å². The van der Waals surface area contributed by atoms with Crippen molar-refractivity contribution in [1.82, 2.24) is 5.16 Å². The minimum Gasteiger partial charge on any atom is -0.396 e. The molecule has 4 heteroatoms. The molecule has 0 fully saturated rings. The van der Waals surface area contributed by atoms with Gasteiger partial charge in [-0.25, -0.2) is 0 Å². The Morgan fingerprint density at radius 3 is 3.09 bits per heavy atom. The highest BCUT2D eigenvalue weighted by atomic mass is 35.5. The van der Waals surface area contributed by atoms with E-state index in [1.807, 2.05) is 6.07 Å². The van der Waals surface area contributed by atoms with E-state index in [1.165, 1.54) is 6.26 Å². The van der Waals surface area contributed by atoms with Crippen LogP contribution in [0.4, 0.5) is 5.69 Å². The molecule has 2 N–H and O–H groups in total. The Balaban J connectivity index is 2.93. The largest absolute Gasteiger partial charge is 0.396 e. The lowest BCUT2D eigenvalue weighted by Crippen LogP contribution is -1.86. The fraction of sp³-hybridized carbons (Fsp3) is 0. The van der Waals surface area contributed by atoms with Crippen LogP contribution in [0.25, 0.3) is 10.9 Å². The first-order valence-corrected chi connectivity index (χ1v) is 3.45. The van der Waals surface area contributed by atoms with Crippen LogP contribution in [0.1, 0.15) is 0 Å². The molecular weight excluding hydrogens is 164 g/mol. The van der Waals surface area contributed by atoms with Crippen LogP contribution in [0.3, 0.4) is 0 Å². The molecule has 3 nitrogen and oxygen atoms in total. The number of nitrogens with zero attached hydrogens (tertiary/aromatic N) is 1. The molecular formula is C7H5ClN2O. The van der Waals surface area contributed by atoms with Crippen LogP contribution < -0.4 is 5.73 Å². The van der Waals surface area contributed by atoms with Crippen molar-refractivity contribution in [2.45, 2.75) is 0 Å². The van der Waals surface area contributed by atoms with Crippen LogP contribution in [0.2, 0.25) is 5.02 Å². The van der Waals surface area contributed by atoms with Gasteiger partial charge in [0.2, 0.25) is 0 Å². The molecule has 0 spiro atoms. The number of anilines is 1. The standard InChI is InChI=1S/C7H5ClN2O/c8-5-2-1-4-3-11-10-7(4)6(5)9/h1-3H,9H2. The Hall–Kier alpha value is -1.22. The molecule has 0 saturated heterocycles. The fourth-order valence-corrected chi connectivity index (χ4v) is 1.09. The van der Waals surface area contributed by atoms with Gasteiger partial charge in [0.25, 0.3) is 0 Å². The first-order valence-electron chi connectivity index (χ1n) is 3.07. The van der Waals surface area contributed by atoms with Gasteiger partial charge in [0.1, 0.15) is 11.8 Å². The summed E-state index contributed by atoms with van der Waals surface area (Å²) in [6.45, 7) is 0. The summed E-state index contributed by atoms with van der Waals surface area (Å²) < 4.78 is 4.71. The zero-order valence-electron chi connectivity index (χ0n) is 5.54. The van der Waals surface area contributed by atoms with Gasteiger partial charge < -0.3 is 10.3 Å². The molecule has 2 aromatic rings. The van der Waals surface area contributed by atoms with Crippen molar-refractivity contribution in [3.8, 4) is 0 Å². The van der Waals surface area contributed by atoms with E-state index in [4.69, 9.17) is 21.9 Å². The SMILES string of the molecule is Nc1c(Cl)ccc2conc12. The van der Waals surface area contributed by atoms with Gasteiger partial charge in [-0.15, -0.1) is 0 Å². The van der Waals surface area contributed by atoms with Gasteiger partial charge in [0, 0.05) is 5.39 Å². The number of hydrogen-bond acceptors (Lipinski definition) is 3. The van der Waals surface area contributed by atoms with Crippen LogP contribution in [0.5, 0.6) is 0 Å². The van der Waals surface area contributed by atoms with E-state index >= 15 is 0 Å². The number of fused-ring (bicyclic) bond motifs is 1. The van der Waals surface area contributed by atoms with E-state index < -0.39 is 0 Å². The van der Waals surface area contributed by atoms with Crippen LogP contribution >= 0.6 is 11.6 Å². The maximum Gasteiger partial charge on any atom is 0.138 e. The van der Waals surface area contributed by atoms with E-state index in [2.05, 4.69) is 5.16 Å². The number of hydrogen-bond donors (Lipinski definition) is 1. The molecule has 11 heavy (non-hydrogen) atoms. The van der Waals surface area contributed by atoms with Crippen LogP contribution in [-0.4, -0.2) is 5.16 Å². The molecule has 0 aliphatic carbocycles. The Morgan fingerprint density at radius 2 is 2.27 bits per heavy atom. The third-order valence-corrected chi connectivity index (χ3v) is 1.85. The number of aromatic nitrogens is 1. The van der Waals surface area contributed by atoms with Crippen molar-refractivity contribution in [2.24, 2.45) is 0 Å². The number of halogens is 1. The van der Waals surface area contributed by atoms with E-state index in [9.17, 15) is 0 Å². The number of nitrogen functional groups attached to an aromatic ring is 1. The van der Waals surface area contributed by atoms with Crippen molar-refractivity contribution in [3.63, 3.8) is 0 Å². The van der Waals surface area contributed by atoms with Gasteiger partial charge in [0.05, 0.1) is 10.7 Å². The summed E-state index contributed by atoms with van der Waals surface area (Å²) >= 11 is 5.74. The Kier molecular flexibility index (Phi) is 1.26. The van der Waals surface area contributed by atoms with E-state index in [-0.39, 0.29) is 0 Å². The lowest BCUT2D eigenvalue weighted by molar-refractivity contribution is 0.428. The van der Waals surface area contributed by atoms with Gasteiger partial charge >= 0.3 is 0 Å². The molecule has 1 aromatic carbocycles. The lowest BCUT2D eigenvalue weighted by Gasteiger charge is -1.94. The van der Waals surface area contributed by atoms with E-state index in [1.54, 1.807) is 6.07 Å². The first kappa shape index (κ1) is 6.49. The molecule has 56 valence electrons. The second-order valence-electron chi connectivity index (χ2n) is 2.21. The highest BCUT2D eigenvalue weighted by Gasteiger charge is 2.04. The Labute approximate surface area is 67.7 Å². The second kappa shape index (κ2) is 2.13. The maximum absolute atomic E-state index is 5.74. The van der Waals surface area contributed by atoms with Crippen molar-refractivity contribution in [1.29, 1.82) is 0 Å². The van der Waals surface area contributed by atoms with Crippen molar-refractivity contribution in [2.75, 3.05) is 5.73 Å². The molecule has 0 saturated carbocycles. The van der Waals surface area contributed by atoms with Crippen LogP contribution in [0.15, 0.2) is 22.9 Å². The smallest absolute Gasteiger partial charge is 0.138 e. The fourth-order valence-electron chi connectivity index (χ4n) is 0.933. The zero-order chi connectivity index (χ0) is 7.84. The average molecular weight is 169 g/mol. The Morgan fingerprint density at radius 1 is 1.45 bits per heavy atom. The summed E-state index contributed by atoms with van der Waals surface area (Å²) in [5, 5.41) is 5.07. The molecule has 0 bridgehead atoms. The normalized spacial score (nSPS) is 10.6. The average Bonchev–Trinajstić information content (AvgIpc) is 2.45.